The van der Waals surface area contributed by atoms with Gasteiger partial charge in [-0.2, -0.15) is 0 Å². The first-order valence-electron chi connectivity index (χ1n) is 4.40. The van der Waals surface area contributed by atoms with Gasteiger partial charge in [-0.3, -0.25) is 0 Å². The Morgan fingerprint density at radius 3 is 2.55 bits per heavy atom. The van der Waals surface area contributed by atoms with Crippen molar-refractivity contribution in [3.05, 3.63) is 30.7 Å². The number of hydrogen-bond donors (Lipinski definition) is 0. The second-order valence-corrected chi connectivity index (χ2v) is 3.69. The van der Waals surface area contributed by atoms with Crippen LogP contribution >= 0.6 is 0 Å². The lowest BCUT2D eigenvalue weighted by Crippen LogP contribution is -2.11. The van der Waals surface area contributed by atoms with Gasteiger partial charge in [0.15, 0.2) is 0 Å². The van der Waals surface area contributed by atoms with E-state index >= 15 is 0 Å². The highest BCUT2D eigenvalue weighted by Crippen LogP contribution is 2.43. The Labute approximate surface area is 69.0 Å². The van der Waals surface area contributed by atoms with Crippen LogP contribution in [0.1, 0.15) is 13.8 Å². The summed E-state index contributed by atoms with van der Waals surface area (Å²) in [4.78, 5) is 0. The number of fused-ring (bicyclic) bond motifs is 1. The van der Waals surface area contributed by atoms with Gasteiger partial charge in [-0.25, -0.2) is 0 Å². The Hall–Kier alpha value is -0.520. The molecule has 2 aliphatic rings. The van der Waals surface area contributed by atoms with Gasteiger partial charge in [-0.1, -0.05) is 38.2 Å². The standard InChI is InChI=1S/C11H14/c1-8-7-10-5-3-4-6-11(10)9(8)2/h3-6,8-11H,1-2H3. The van der Waals surface area contributed by atoms with E-state index in [0.29, 0.717) is 11.8 Å². The van der Waals surface area contributed by atoms with Crippen LogP contribution in [-0.4, -0.2) is 0 Å². The summed E-state index contributed by atoms with van der Waals surface area (Å²) in [6.07, 6.45) is 12.5. The van der Waals surface area contributed by atoms with Crippen LogP contribution in [0.2, 0.25) is 0 Å². The average Bonchev–Trinajstić information content (AvgIpc) is 2.30. The molecule has 11 heavy (non-hydrogen) atoms. The molecule has 58 valence electrons. The molecule has 0 aromatic heterocycles. The minimum absolute atomic E-state index is 0.602. The van der Waals surface area contributed by atoms with E-state index in [2.05, 4.69) is 44.6 Å². The van der Waals surface area contributed by atoms with Gasteiger partial charge in [0.1, 0.15) is 0 Å². The van der Waals surface area contributed by atoms with Crippen molar-refractivity contribution in [1.82, 2.24) is 0 Å². The molecular weight excluding hydrogens is 132 g/mol. The van der Waals surface area contributed by atoms with Gasteiger partial charge >= 0.3 is 0 Å². The molecule has 2 radical (unpaired) electrons. The summed E-state index contributed by atoms with van der Waals surface area (Å²) in [5.41, 5.74) is 0. The SMILES string of the molecule is CC1[C]C2C=CC=CC2C1C. The zero-order chi connectivity index (χ0) is 7.84. The molecule has 0 aromatic rings. The Morgan fingerprint density at radius 1 is 1.09 bits per heavy atom. The maximum Gasteiger partial charge on any atom is -0.00588 e. The van der Waals surface area contributed by atoms with E-state index in [0.717, 1.165) is 11.8 Å². The predicted molar refractivity (Wildman–Crippen MR) is 46.8 cm³/mol. The first-order valence-corrected chi connectivity index (χ1v) is 4.40. The van der Waals surface area contributed by atoms with Gasteiger partial charge in [0, 0.05) is 0 Å². The number of allylic oxidation sites excluding steroid dienone is 4. The van der Waals surface area contributed by atoms with E-state index in [-0.39, 0.29) is 0 Å². The first kappa shape index (κ1) is 7.15. The third-order valence-corrected chi connectivity index (χ3v) is 3.03. The molecule has 4 atom stereocenters. The van der Waals surface area contributed by atoms with E-state index in [4.69, 9.17) is 0 Å². The zero-order valence-corrected chi connectivity index (χ0v) is 7.12. The van der Waals surface area contributed by atoms with Crippen molar-refractivity contribution in [2.45, 2.75) is 13.8 Å². The number of hydrogen-bond acceptors (Lipinski definition) is 0. The quantitative estimate of drug-likeness (QED) is 0.493. The Balaban J connectivity index is 2.20. The topological polar surface area (TPSA) is 0 Å². The third kappa shape index (κ3) is 1.05. The van der Waals surface area contributed by atoms with Gasteiger partial charge in [0.05, 0.1) is 0 Å². The first-order chi connectivity index (χ1) is 5.29. The highest BCUT2D eigenvalue weighted by atomic mass is 14.4. The fraction of sp³-hybridized carbons (Fsp3) is 0.545. The highest BCUT2D eigenvalue weighted by molar-refractivity contribution is 5.22. The summed E-state index contributed by atoms with van der Waals surface area (Å²) in [5, 5.41) is 0. The summed E-state index contributed by atoms with van der Waals surface area (Å²) in [6.45, 7) is 4.59. The molecule has 0 bridgehead atoms. The smallest absolute Gasteiger partial charge is 0.00588 e. The molecule has 0 amide bonds. The average molecular weight is 146 g/mol. The molecule has 0 aliphatic heterocycles. The van der Waals surface area contributed by atoms with E-state index < -0.39 is 0 Å². The lowest BCUT2D eigenvalue weighted by atomic mass is 9.86. The molecule has 0 saturated heterocycles. The van der Waals surface area contributed by atoms with Crippen LogP contribution in [0.3, 0.4) is 0 Å². The molecule has 0 heterocycles. The van der Waals surface area contributed by atoms with Gasteiger partial charge in [-0.15, -0.1) is 0 Å². The second kappa shape index (κ2) is 2.51. The summed E-state index contributed by atoms with van der Waals surface area (Å²) < 4.78 is 0. The normalized spacial score (nSPS) is 47.8. The monoisotopic (exact) mass is 146 g/mol. The summed E-state index contributed by atoms with van der Waals surface area (Å²) >= 11 is 0. The molecule has 4 unspecified atom stereocenters. The van der Waals surface area contributed by atoms with E-state index in [1.807, 2.05) is 0 Å². The Morgan fingerprint density at radius 2 is 1.82 bits per heavy atom. The summed E-state index contributed by atoms with van der Waals surface area (Å²) in [5.74, 6) is 2.78. The van der Waals surface area contributed by atoms with Crippen molar-refractivity contribution in [2.75, 3.05) is 0 Å². The minimum atomic E-state index is 0.602. The van der Waals surface area contributed by atoms with Crippen LogP contribution in [0.15, 0.2) is 24.3 Å². The van der Waals surface area contributed by atoms with Crippen LogP contribution in [-0.2, 0) is 0 Å². The van der Waals surface area contributed by atoms with Crippen molar-refractivity contribution >= 4 is 0 Å². The van der Waals surface area contributed by atoms with Gasteiger partial charge in [0.25, 0.3) is 0 Å². The molecule has 0 aromatic carbocycles. The molecule has 1 fully saturated rings. The maximum absolute atomic E-state index is 3.57. The minimum Gasteiger partial charge on any atom is -0.0805 e. The van der Waals surface area contributed by atoms with Gasteiger partial charge in [-0.05, 0) is 30.1 Å². The van der Waals surface area contributed by atoms with Crippen molar-refractivity contribution in [1.29, 1.82) is 0 Å². The maximum atomic E-state index is 3.57. The molecule has 0 N–H and O–H groups in total. The fourth-order valence-electron chi connectivity index (χ4n) is 2.08. The summed E-state index contributed by atoms with van der Waals surface area (Å²) in [6, 6.07) is 0. The summed E-state index contributed by atoms with van der Waals surface area (Å²) in [7, 11) is 0. The molecule has 2 aliphatic carbocycles. The molecule has 0 spiro atoms. The van der Waals surface area contributed by atoms with E-state index in [1.54, 1.807) is 0 Å². The Bertz CT molecular complexity index is 200. The van der Waals surface area contributed by atoms with Gasteiger partial charge < -0.3 is 0 Å². The lowest BCUT2D eigenvalue weighted by Gasteiger charge is -2.18. The molecule has 2 rings (SSSR count). The molecular formula is C11H14. The fourth-order valence-corrected chi connectivity index (χ4v) is 2.08. The Kier molecular flexibility index (Phi) is 1.63. The lowest BCUT2D eigenvalue weighted by molar-refractivity contribution is 0.399. The van der Waals surface area contributed by atoms with Crippen LogP contribution < -0.4 is 0 Å². The van der Waals surface area contributed by atoms with Crippen LogP contribution in [0, 0.1) is 30.1 Å². The second-order valence-electron chi connectivity index (χ2n) is 3.69. The largest absolute Gasteiger partial charge is 0.0805 e. The van der Waals surface area contributed by atoms with Gasteiger partial charge in [0.2, 0.25) is 0 Å². The van der Waals surface area contributed by atoms with Crippen molar-refractivity contribution < 1.29 is 0 Å². The van der Waals surface area contributed by atoms with Crippen molar-refractivity contribution in [3.63, 3.8) is 0 Å². The van der Waals surface area contributed by atoms with Crippen LogP contribution in [0.25, 0.3) is 0 Å². The van der Waals surface area contributed by atoms with Crippen LogP contribution in [0.4, 0.5) is 0 Å². The number of rotatable bonds is 0. The zero-order valence-electron chi connectivity index (χ0n) is 7.12. The van der Waals surface area contributed by atoms with Crippen molar-refractivity contribution in [2.24, 2.45) is 23.7 Å². The highest BCUT2D eigenvalue weighted by Gasteiger charge is 2.36. The molecule has 0 nitrogen and oxygen atoms in total. The molecule has 0 heteroatoms. The van der Waals surface area contributed by atoms with Crippen molar-refractivity contribution in [3.8, 4) is 0 Å². The van der Waals surface area contributed by atoms with E-state index in [1.165, 1.54) is 0 Å². The van der Waals surface area contributed by atoms with E-state index in [9.17, 15) is 0 Å². The molecule has 1 saturated carbocycles. The third-order valence-electron chi connectivity index (χ3n) is 3.03. The predicted octanol–water partition coefficient (Wildman–Crippen LogP) is 2.71. The van der Waals surface area contributed by atoms with Crippen LogP contribution in [0.5, 0.6) is 0 Å².